The van der Waals surface area contributed by atoms with Gasteiger partial charge in [0.2, 0.25) is 0 Å². The highest BCUT2D eigenvalue weighted by molar-refractivity contribution is 7.99. The van der Waals surface area contributed by atoms with Gasteiger partial charge in [0.25, 0.3) is 0 Å². The number of pyridine rings is 1. The molecule has 0 aliphatic carbocycles. The molecule has 0 aliphatic rings. The van der Waals surface area contributed by atoms with Crippen molar-refractivity contribution in [2.75, 3.05) is 0 Å². The normalized spacial score (nSPS) is 12.6. The molecular weight excluding hydrogens is 405 g/mol. The van der Waals surface area contributed by atoms with Gasteiger partial charge in [0.1, 0.15) is 11.1 Å². The second kappa shape index (κ2) is 8.10. The van der Waals surface area contributed by atoms with E-state index < -0.39 is 6.10 Å². The average molecular weight is 424 g/mol. The predicted octanol–water partition coefficient (Wildman–Crippen LogP) is 4.70. The number of benzene rings is 1. The number of aliphatic hydroxyl groups excluding tert-OH is 1. The average Bonchev–Trinajstić information content (AvgIpc) is 2.85. The highest BCUT2D eigenvalue weighted by atomic mass is 35.5. The molecule has 0 aliphatic heterocycles. The first-order chi connectivity index (χ1) is 12.8. The van der Waals surface area contributed by atoms with Gasteiger partial charge in [-0.05, 0) is 49.7 Å². The monoisotopic (exact) mass is 423 g/mol. The zero-order chi connectivity index (χ0) is 19.7. The second-order valence-electron chi connectivity index (χ2n) is 6.39. The van der Waals surface area contributed by atoms with E-state index in [0.29, 0.717) is 26.3 Å². The molecule has 8 heteroatoms. The lowest BCUT2D eigenvalue weighted by atomic mass is 10.1. The van der Waals surface area contributed by atoms with Crippen LogP contribution in [-0.4, -0.2) is 19.2 Å². The summed E-state index contributed by atoms with van der Waals surface area (Å²) in [4.78, 5) is 17.6. The molecule has 5 nitrogen and oxygen atoms in total. The van der Waals surface area contributed by atoms with E-state index in [1.54, 1.807) is 54.3 Å². The van der Waals surface area contributed by atoms with Crippen LogP contribution in [0.15, 0.2) is 57.4 Å². The van der Waals surface area contributed by atoms with Crippen molar-refractivity contribution in [3.8, 4) is 0 Å². The van der Waals surface area contributed by atoms with E-state index in [-0.39, 0.29) is 11.7 Å². The molecule has 3 aromatic rings. The van der Waals surface area contributed by atoms with Crippen molar-refractivity contribution in [3.05, 3.63) is 74.5 Å². The molecule has 0 saturated carbocycles. The third-order valence-electron chi connectivity index (χ3n) is 4.14. The number of rotatable bonds is 5. The molecule has 0 fully saturated rings. The van der Waals surface area contributed by atoms with Crippen LogP contribution in [0.2, 0.25) is 10.0 Å². The number of aliphatic hydroxyl groups is 1. The Morgan fingerprint density at radius 2 is 1.70 bits per heavy atom. The van der Waals surface area contributed by atoms with Gasteiger partial charge in [0, 0.05) is 40.4 Å². The molecule has 2 heterocycles. The summed E-state index contributed by atoms with van der Waals surface area (Å²) in [6.07, 6.45) is 2.25. The van der Waals surface area contributed by atoms with Crippen LogP contribution in [-0.2, 0) is 7.05 Å². The van der Waals surface area contributed by atoms with Crippen LogP contribution >= 0.6 is 35.0 Å². The lowest BCUT2D eigenvalue weighted by molar-refractivity contribution is 0.207. The third-order valence-corrected chi connectivity index (χ3v) is 5.65. The van der Waals surface area contributed by atoms with Gasteiger partial charge in [-0.2, -0.15) is 0 Å². The van der Waals surface area contributed by atoms with E-state index >= 15 is 0 Å². The third kappa shape index (κ3) is 4.09. The molecule has 2 aromatic heterocycles. The highest BCUT2D eigenvalue weighted by Crippen LogP contribution is 2.38. The minimum atomic E-state index is -0.970. The molecule has 27 heavy (non-hydrogen) atoms. The Kier molecular flexibility index (Phi) is 6.01. The second-order valence-corrected chi connectivity index (χ2v) is 8.32. The lowest BCUT2D eigenvalue weighted by Gasteiger charge is -2.16. The Labute approximate surface area is 171 Å². The topological polar surface area (TPSA) is 60.0 Å². The molecule has 3 rings (SSSR count). The molecule has 1 atom stereocenters. The Morgan fingerprint density at radius 1 is 1.11 bits per heavy atom. The molecule has 0 radical (unpaired) electrons. The van der Waals surface area contributed by atoms with E-state index in [1.165, 1.54) is 16.3 Å². The van der Waals surface area contributed by atoms with Crippen molar-refractivity contribution in [2.45, 2.75) is 35.9 Å². The van der Waals surface area contributed by atoms with Crippen LogP contribution in [0.3, 0.4) is 0 Å². The van der Waals surface area contributed by atoms with Crippen LogP contribution in [0.25, 0.3) is 0 Å². The van der Waals surface area contributed by atoms with Gasteiger partial charge in [-0.3, -0.25) is 14.1 Å². The fraction of sp³-hybridized carbons (Fsp3) is 0.263. The van der Waals surface area contributed by atoms with Crippen molar-refractivity contribution in [1.29, 1.82) is 0 Å². The van der Waals surface area contributed by atoms with E-state index in [4.69, 9.17) is 23.2 Å². The van der Waals surface area contributed by atoms with Crippen molar-refractivity contribution < 1.29 is 5.11 Å². The Balaban J connectivity index is 2.18. The summed E-state index contributed by atoms with van der Waals surface area (Å²) in [6.45, 7) is 3.86. The Morgan fingerprint density at radius 3 is 2.26 bits per heavy atom. The summed E-state index contributed by atoms with van der Waals surface area (Å²) in [6, 6.07) is 8.59. The van der Waals surface area contributed by atoms with Crippen LogP contribution in [0, 0.1) is 0 Å². The summed E-state index contributed by atoms with van der Waals surface area (Å²) >= 11 is 13.6. The maximum absolute atomic E-state index is 12.8. The first-order valence-corrected chi connectivity index (χ1v) is 9.90. The number of hydrogen-bond donors (Lipinski definition) is 1. The fourth-order valence-corrected chi connectivity index (χ4v) is 4.87. The number of hydrogen-bond acceptors (Lipinski definition) is 4. The quantitative estimate of drug-likeness (QED) is 0.645. The Bertz CT molecular complexity index is 996. The lowest BCUT2D eigenvalue weighted by Crippen LogP contribution is -2.24. The van der Waals surface area contributed by atoms with Crippen LogP contribution < -0.4 is 5.69 Å². The van der Waals surface area contributed by atoms with Gasteiger partial charge in [-0.1, -0.05) is 35.0 Å². The maximum atomic E-state index is 12.8. The van der Waals surface area contributed by atoms with E-state index in [0.717, 1.165) is 4.90 Å². The van der Waals surface area contributed by atoms with Crippen molar-refractivity contribution in [1.82, 2.24) is 14.1 Å². The zero-order valence-corrected chi connectivity index (χ0v) is 17.4. The number of nitrogens with zero attached hydrogens (tertiary/aromatic N) is 3. The van der Waals surface area contributed by atoms with Gasteiger partial charge in [-0.15, -0.1) is 0 Å². The largest absolute Gasteiger partial charge is 0.382 e. The molecule has 0 saturated heterocycles. The molecule has 0 bridgehead atoms. The molecule has 142 valence electrons. The standard InChI is InChI=1S/C19H19Cl2N3O2S/c1-11(2)24-18(27-15-9-13(20)8-14(21)10-15)16(23(3)19(24)26)17(25)12-4-6-22-7-5-12/h4-11,17,25H,1-3H3. The van der Waals surface area contributed by atoms with Gasteiger partial charge in [-0.25, -0.2) is 4.79 Å². The minimum absolute atomic E-state index is 0.0840. The predicted molar refractivity (Wildman–Crippen MR) is 109 cm³/mol. The molecule has 0 spiro atoms. The highest BCUT2D eigenvalue weighted by Gasteiger charge is 2.26. The molecule has 1 N–H and O–H groups in total. The summed E-state index contributed by atoms with van der Waals surface area (Å²) in [7, 11) is 1.66. The van der Waals surface area contributed by atoms with Crippen molar-refractivity contribution in [3.63, 3.8) is 0 Å². The maximum Gasteiger partial charge on any atom is 0.329 e. The fourth-order valence-electron chi connectivity index (χ4n) is 2.88. The van der Waals surface area contributed by atoms with Gasteiger partial charge < -0.3 is 5.11 Å². The molecule has 0 amide bonds. The van der Waals surface area contributed by atoms with Crippen LogP contribution in [0.5, 0.6) is 0 Å². The summed E-state index contributed by atoms with van der Waals surface area (Å²) in [5, 5.41) is 12.7. The van der Waals surface area contributed by atoms with Crippen molar-refractivity contribution >= 4 is 35.0 Å². The summed E-state index contributed by atoms with van der Waals surface area (Å²) in [5.41, 5.74) is 0.984. The Hall–Kier alpha value is -1.73. The van der Waals surface area contributed by atoms with Gasteiger partial charge in [0.05, 0.1) is 5.69 Å². The number of halogens is 2. The first-order valence-electron chi connectivity index (χ1n) is 8.32. The van der Waals surface area contributed by atoms with Crippen LogP contribution in [0.4, 0.5) is 0 Å². The van der Waals surface area contributed by atoms with Crippen molar-refractivity contribution in [2.24, 2.45) is 7.05 Å². The minimum Gasteiger partial charge on any atom is -0.382 e. The van der Waals surface area contributed by atoms with E-state index in [2.05, 4.69) is 4.98 Å². The van der Waals surface area contributed by atoms with E-state index in [9.17, 15) is 9.90 Å². The van der Waals surface area contributed by atoms with Gasteiger partial charge >= 0.3 is 5.69 Å². The molecule has 1 aromatic carbocycles. The summed E-state index contributed by atoms with van der Waals surface area (Å²) in [5.74, 6) is 0. The summed E-state index contributed by atoms with van der Waals surface area (Å²) < 4.78 is 3.15. The smallest absolute Gasteiger partial charge is 0.329 e. The first kappa shape index (κ1) is 20.0. The molecule has 1 unspecified atom stereocenters. The zero-order valence-electron chi connectivity index (χ0n) is 15.1. The van der Waals surface area contributed by atoms with Crippen LogP contribution in [0.1, 0.15) is 37.3 Å². The van der Waals surface area contributed by atoms with Gasteiger partial charge in [0.15, 0.2) is 0 Å². The number of aromatic nitrogens is 3. The van der Waals surface area contributed by atoms with E-state index in [1.807, 2.05) is 13.8 Å². The number of imidazole rings is 1. The SMILES string of the molecule is CC(C)n1c(Sc2cc(Cl)cc(Cl)c2)c(C(O)c2ccncc2)n(C)c1=O. The molecular formula is C19H19Cl2N3O2S.